The third-order valence-corrected chi connectivity index (χ3v) is 3.19. The van der Waals surface area contributed by atoms with Crippen LogP contribution in [-0.4, -0.2) is 12.0 Å². The van der Waals surface area contributed by atoms with E-state index in [9.17, 15) is 4.79 Å². The molecule has 0 fully saturated rings. The molecule has 1 amide bonds. The molecule has 0 aliphatic rings. The zero-order chi connectivity index (χ0) is 13.7. The minimum absolute atomic E-state index is 0.161. The topological polar surface area (TPSA) is 38.3 Å². The van der Waals surface area contributed by atoms with Crippen LogP contribution in [0.3, 0.4) is 0 Å². The lowest BCUT2D eigenvalue weighted by Gasteiger charge is -2.14. The van der Waals surface area contributed by atoms with Gasteiger partial charge in [-0.25, -0.2) is 0 Å². The summed E-state index contributed by atoms with van der Waals surface area (Å²) >= 11 is 2.21. The molecule has 0 saturated carbocycles. The van der Waals surface area contributed by atoms with Gasteiger partial charge < -0.3 is 10.1 Å². The Labute approximate surface area is 126 Å². The molecule has 0 aliphatic carbocycles. The van der Waals surface area contributed by atoms with Crippen LogP contribution < -0.4 is 10.1 Å². The summed E-state index contributed by atoms with van der Waals surface area (Å²) in [7, 11) is 0. The van der Waals surface area contributed by atoms with Gasteiger partial charge in [-0.3, -0.25) is 4.79 Å². The molecule has 0 heterocycles. The lowest BCUT2D eigenvalue weighted by Crippen LogP contribution is -2.30. The van der Waals surface area contributed by atoms with Crippen molar-refractivity contribution < 1.29 is 9.53 Å². The molecule has 2 rings (SSSR count). The van der Waals surface area contributed by atoms with Crippen LogP contribution in [0.1, 0.15) is 6.92 Å². The van der Waals surface area contributed by atoms with Gasteiger partial charge in [0, 0.05) is 9.26 Å². The zero-order valence-corrected chi connectivity index (χ0v) is 12.6. The second-order valence-electron chi connectivity index (χ2n) is 4.07. The molecular weight excluding hydrogens is 353 g/mol. The Kier molecular flexibility index (Phi) is 4.79. The Morgan fingerprint density at radius 2 is 1.89 bits per heavy atom. The third-order valence-electron chi connectivity index (χ3n) is 2.52. The van der Waals surface area contributed by atoms with Crippen LogP contribution in [0.25, 0.3) is 0 Å². The highest BCUT2D eigenvalue weighted by Crippen LogP contribution is 2.14. The van der Waals surface area contributed by atoms with Crippen molar-refractivity contribution in [3.63, 3.8) is 0 Å². The van der Waals surface area contributed by atoms with Crippen molar-refractivity contribution in [1.29, 1.82) is 0 Å². The first-order chi connectivity index (χ1) is 9.15. The Balaban J connectivity index is 1.96. The average molecular weight is 367 g/mol. The van der Waals surface area contributed by atoms with Crippen molar-refractivity contribution in [3.8, 4) is 5.75 Å². The molecule has 4 heteroatoms. The summed E-state index contributed by atoms with van der Waals surface area (Å²) in [6, 6.07) is 17.0. The molecular formula is C15H14INO2. The monoisotopic (exact) mass is 367 g/mol. The number of halogens is 1. The minimum atomic E-state index is -0.541. The first-order valence-corrected chi connectivity index (χ1v) is 7.01. The summed E-state index contributed by atoms with van der Waals surface area (Å²) < 4.78 is 6.64. The van der Waals surface area contributed by atoms with Crippen LogP contribution in [0.15, 0.2) is 54.6 Å². The third kappa shape index (κ3) is 4.24. The van der Waals surface area contributed by atoms with Crippen molar-refractivity contribution >= 4 is 34.2 Å². The van der Waals surface area contributed by atoms with Gasteiger partial charge in [0.25, 0.3) is 5.91 Å². The van der Waals surface area contributed by atoms with Crippen molar-refractivity contribution in [2.75, 3.05) is 5.32 Å². The predicted molar refractivity (Wildman–Crippen MR) is 84.3 cm³/mol. The van der Waals surface area contributed by atoms with E-state index in [-0.39, 0.29) is 5.91 Å². The van der Waals surface area contributed by atoms with E-state index in [1.807, 2.05) is 54.6 Å². The van der Waals surface area contributed by atoms with Gasteiger partial charge in [-0.15, -0.1) is 0 Å². The number of hydrogen-bond donors (Lipinski definition) is 1. The predicted octanol–water partition coefficient (Wildman–Crippen LogP) is 3.70. The molecule has 0 aromatic heterocycles. The number of nitrogens with one attached hydrogen (secondary N) is 1. The first kappa shape index (κ1) is 13.9. The molecule has 98 valence electrons. The van der Waals surface area contributed by atoms with Crippen molar-refractivity contribution in [2.45, 2.75) is 13.0 Å². The number of para-hydroxylation sites is 1. The summed E-state index contributed by atoms with van der Waals surface area (Å²) in [5.41, 5.74) is 0.778. The van der Waals surface area contributed by atoms with E-state index in [1.165, 1.54) is 0 Å². The number of anilines is 1. The standard InChI is InChI=1S/C15H14INO2/c1-11(19-14-8-3-2-4-9-14)15(18)17-13-7-5-6-12(16)10-13/h2-11H,1H3,(H,17,18)/t11-/m0/s1. The van der Waals surface area contributed by atoms with E-state index in [0.717, 1.165) is 9.26 Å². The van der Waals surface area contributed by atoms with Crippen LogP contribution >= 0.6 is 22.6 Å². The molecule has 2 aromatic rings. The largest absolute Gasteiger partial charge is 0.481 e. The fourth-order valence-electron chi connectivity index (χ4n) is 1.57. The fraction of sp³-hybridized carbons (Fsp3) is 0.133. The van der Waals surface area contributed by atoms with E-state index in [4.69, 9.17) is 4.74 Å². The normalized spacial score (nSPS) is 11.7. The molecule has 0 radical (unpaired) electrons. The number of rotatable bonds is 4. The van der Waals surface area contributed by atoms with Crippen LogP contribution in [0.5, 0.6) is 5.75 Å². The van der Waals surface area contributed by atoms with E-state index < -0.39 is 6.10 Å². The molecule has 1 atom stereocenters. The molecule has 0 bridgehead atoms. The zero-order valence-electron chi connectivity index (χ0n) is 10.5. The lowest BCUT2D eigenvalue weighted by molar-refractivity contribution is -0.122. The number of ether oxygens (including phenoxy) is 1. The number of carbonyl (C=O) groups excluding carboxylic acids is 1. The molecule has 0 spiro atoms. The van der Waals surface area contributed by atoms with Gasteiger partial charge in [-0.05, 0) is 59.8 Å². The van der Waals surface area contributed by atoms with Crippen LogP contribution in [-0.2, 0) is 4.79 Å². The fourth-order valence-corrected chi connectivity index (χ4v) is 2.11. The SMILES string of the molecule is C[C@H](Oc1ccccc1)C(=O)Nc1cccc(I)c1. The summed E-state index contributed by atoms with van der Waals surface area (Å²) in [6.07, 6.45) is -0.541. The van der Waals surface area contributed by atoms with Gasteiger partial charge in [0.05, 0.1) is 0 Å². The van der Waals surface area contributed by atoms with Gasteiger partial charge in [-0.1, -0.05) is 24.3 Å². The van der Waals surface area contributed by atoms with E-state index in [1.54, 1.807) is 6.92 Å². The van der Waals surface area contributed by atoms with Gasteiger partial charge in [-0.2, -0.15) is 0 Å². The Morgan fingerprint density at radius 1 is 1.16 bits per heavy atom. The molecule has 0 saturated heterocycles. The van der Waals surface area contributed by atoms with Gasteiger partial charge >= 0.3 is 0 Å². The van der Waals surface area contributed by atoms with Crippen LogP contribution in [0, 0.1) is 3.57 Å². The molecule has 19 heavy (non-hydrogen) atoms. The van der Waals surface area contributed by atoms with Crippen LogP contribution in [0.2, 0.25) is 0 Å². The smallest absolute Gasteiger partial charge is 0.265 e. The van der Waals surface area contributed by atoms with Gasteiger partial charge in [0.2, 0.25) is 0 Å². The Morgan fingerprint density at radius 3 is 2.58 bits per heavy atom. The summed E-state index contributed by atoms with van der Waals surface area (Å²) in [4.78, 5) is 12.0. The summed E-state index contributed by atoms with van der Waals surface area (Å²) in [5, 5.41) is 2.83. The first-order valence-electron chi connectivity index (χ1n) is 5.93. The van der Waals surface area contributed by atoms with E-state index in [0.29, 0.717) is 5.75 Å². The van der Waals surface area contributed by atoms with Crippen molar-refractivity contribution in [3.05, 3.63) is 58.2 Å². The number of carbonyl (C=O) groups is 1. The quantitative estimate of drug-likeness (QED) is 0.837. The number of amides is 1. The highest BCUT2D eigenvalue weighted by atomic mass is 127. The maximum absolute atomic E-state index is 12.0. The second-order valence-corrected chi connectivity index (χ2v) is 5.32. The van der Waals surface area contributed by atoms with E-state index >= 15 is 0 Å². The maximum atomic E-state index is 12.0. The summed E-state index contributed by atoms with van der Waals surface area (Å²) in [6.45, 7) is 1.73. The number of benzene rings is 2. The Hall–Kier alpha value is -1.56. The molecule has 0 aliphatic heterocycles. The highest BCUT2D eigenvalue weighted by Gasteiger charge is 2.14. The maximum Gasteiger partial charge on any atom is 0.265 e. The molecule has 0 unspecified atom stereocenters. The van der Waals surface area contributed by atoms with Gasteiger partial charge in [0.1, 0.15) is 5.75 Å². The summed E-state index contributed by atoms with van der Waals surface area (Å²) in [5.74, 6) is 0.527. The Bertz CT molecular complexity index is 557. The second kappa shape index (κ2) is 6.56. The highest BCUT2D eigenvalue weighted by molar-refractivity contribution is 14.1. The van der Waals surface area contributed by atoms with Gasteiger partial charge in [0.15, 0.2) is 6.10 Å². The van der Waals surface area contributed by atoms with Crippen LogP contribution in [0.4, 0.5) is 5.69 Å². The van der Waals surface area contributed by atoms with E-state index in [2.05, 4.69) is 27.9 Å². The van der Waals surface area contributed by atoms with Crippen molar-refractivity contribution in [1.82, 2.24) is 0 Å². The average Bonchev–Trinajstić information content (AvgIpc) is 2.40. The lowest BCUT2D eigenvalue weighted by atomic mass is 10.3. The van der Waals surface area contributed by atoms with Crippen molar-refractivity contribution in [2.24, 2.45) is 0 Å². The molecule has 2 aromatic carbocycles. The molecule has 3 nitrogen and oxygen atoms in total. The number of hydrogen-bond acceptors (Lipinski definition) is 2. The molecule has 1 N–H and O–H groups in total. The minimum Gasteiger partial charge on any atom is -0.481 e.